The number of nitrogens with one attached hydrogen (secondary N) is 2. The first-order valence-electron chi connectivity index (χ1n) is 8.13. The highest BCUT2D eigenvalue weighted by Crippen LogP contribution is 2.17. The molecule has 1 aromatic carbocycles. The van der Waals surface area contributed by atoms with E-state index in [-0.39, 0.29) is 12.1 Å². The van der Waals surface area contributed by atoms with Crippen molar-refractivity contribution in [2.75, 3.05) is 5.32 Å². The fourth-order valence-corrected chi connectivity index (χ4v) is 2.48. The summed E-state index contributed by atoms with van der Waals surface area (Å²) in [6.07, 6.45) is 5.58. The highest BCUT2D eigenvalue weighted by atomic mass is 16.2. The molecule has 0 aliphatic heterocycles. The van der Waals surface area contributed by atoms with Gasteiger partial charge >= 0.3 is 6.03 Å². The molecule has 1 unspecified atom stereocenters. The second-order valence-corrected chi connectivity index (χ2v) is 5.63. The van der Waals surface area contributed by atoms with Gasteiger partial charge in [-0.25, -0.2) is 19.4 Å². The van der Waals surface area contributed by atoms with Gasteiger partial charge < -0.3 is 10.6 Å². The van der Waals surface area contributed by atoms with Crippen LogP contribution < -0.4 is 10.6 Å². The van der Waals surface area contributed by atoms with Gasteiger partial charge in [-0.1, -0.05) is 31.2 Å². The molecule has 3 rings (SSSR count). The molecule has 3 aromatic rings. The van der Waals surface area contributed by atoms with Crippen LogP contribution in [0.1, 0.15) is 31.0 Å². The van der Waals surface area contributed by atoms with Gasteiger partial charge in [0.05, 0.1) is 11.7 Å². The molecule has 0 bridgehead atoms. The molecule has 0 spiro atoms. The molecule has 0 saturated heterocycles. The van der Waals surface area contributed by atoms with Crippen molar-refractivity contribution in [1.82, 2.24) is 25.1 Å². The number of pyridine rings is 1. The lowest BCUT2D eigenvalue weighted by molar-refractivity contribution is 0.249. The first kappa shape index (κ1) is 16.6. The molecule has 0 fully saturated rings. The maximum atomic E-state index is 12.3. The van der Waals surface area contributed by atoms with Crippen LogP contribution >= 0.6 is 0 Å². The summed E-state index contributed by atoms with van der Waals surface area (Å²) < 4.78 is 1.50. The Morgan fingerprint density at radius 3 is 2.72 bits per heavy atom. The Bertz CT molecular complexity index is 829. The van der Waals surface area contributed by atoms with Gasteiger partial charge in [-0.3, -0.25) is 0 Å². The van der Waals surface area contributed by atoms with E-state index in [1.165, 1.54) is 22.9 Å². The molecule has 7 heteroatoms. The van der Waals surface area contributed by atoms with Gasteiger partial charge in [-0.2, -0.15) is 5.10 Å². The minimum Gasteiger partial charge on any atom is -0.331 e. The lowest BCUT2D eigenvalue weighted by atomic mass is 10.1. The van der Waals surface area contributed by atoms with Crippen molar-refractivity contribution in [3.8, 4) is 5.82 Å². The zero-order valence-electron chi connectivity index (χ0n) is 14.2. The Kier molecular flexibility index (Phi) is 5.03. The van der Waals surface area contributed by atoms with Gasteiger partial charge in [0.1, 0.15) is 12.7 Å². The number of hydrogen-bond donors (Lipinski definition) is 2. The molecule has 7 nitrogen and oxygen atoms in total. The van der Waals surface area contributed by atoms with Crippen LogP contribution in [-0.2, 0) is 6.42 Å². The third-order valence-corrected chi connectivity index (χ3v) is 3.91. The molecule has 2 amide bonds. The number of carbonyl (C=O) groups is 1. The first-order chi connectivity index (χ1) is 12.2. The standard InChI is InChI=1S/C18H20N6O/c1-3-14-6-8-15(9-7-14)13(2)22-18(25)23-16-5-4-10-20-17(16)24-12-19-11-21-24/h4-13H,3H2,1-2H3,(H2,22,23,25). The number of aromatic nitrogens is 4. The van der Waals surface area contributed by atoms with Crippen LogP contribution in [0.4, 0.5) is 10.5 Å². The third-order valence-electron chi connectivity index (χ3n) is 3.91. The maximum Gasteiger partial charge on any atom is 0.319 e. The summed E-state index contributed by atoms with van der Waals surface area (Å²) in [5.74, 6) is 0.509. The molecule has 2 N–H and O–H groups in total. The van der Waals surface area contributed by atoms with Crippen LogP contribution in [0.15, 0.2) is 55.2 Å². The number of aryl methyl sites for hydroxylation is 1. The SMILES string of the molecule is CCc1ccc(C(C)NC(=O)Nc2cccnc2-n2cncn2)cc1. The van der Waals surface area contributed by atoms with E-state index in [4.69, 9.17) is 0 Å². The van der Waals surface area contributed by atoms with Crippen molar-refractivity contribution >= 4 is 11.7 Å². The van der Waals surface area contributed by atoms with Gasteiger partial charge in [0, 0.05) is 6.20 Å². The van der Waals surface area contributed by atoms with Gasteiger partial charge in [-0.15, -0.1) is 0 Å². The predicted molar refractivity (Wildman–Crippen MR) is 95.5 cm³/mol. The summed E-state index contributed by atoms with van der Waals surface area (Å²) >= 11 is 0. The quantitative estimate of drug-likeness (QED) is 0.750. The van der Waals surface area contributed by atoms with Crippen molar-refractivity contribution in [3.05, 3.63) is 66.4 Å². The van der Waals surface area contributed by atoms with Crippen molar-refractivity contribution in [2.45, 2.75) is 26.3 Å². The molecular weight excluding hydrogens is 316 g/mol. The van der Waals surface area contributed by atoms with E-state index in [1.807, 2.05) is 19.1 Å². The number of amides is 2. The minimum absolute atomic E-state index is 0.114. The zero-order valence-corrected chi connectivity index (χ0v) is 14.2. The van der Waals surface area contributed by atoms with Crippen LogP contribution in [0.3, 0.4) is 0 Å². The van der Waals surface area contributed by atoms with Crippen molar-refractivity contribution in [2.24, 2.45) is 0 Å². The number of anilines is 1. The fraction of sp³-hybridized carbons (Fsp3) is 0.222. The number of rotatable bonds is 5. The number of carbonyl (C=O) groups excluding carboxylic acids is 1. The van der Waals surface area contributed by atoms with E-state index in [2.05, 4.69) is 44.8 Å². The Morgan fingerprint density at radius 1 is 1.24 bits per heavy atom. The molecule has 0 aliphatic rings. The van der Waals surface area contributed by atoms with Gasteiger partial charge in [0.2, 0.25) is 0 Å². The van der Waals surface area contributed by atoms with Crippen LogP contribution in [0.2, 0.25) is 0 Å². The number of urea groups is 1. The molecule has 0 aliphatic carbocycles. The van der Waals surface area contributed by atoms with Crippen molar-refractivity contribution in [1.29, 1.82) is 0 Å². The predicted octanol–water partition coefficient (Wildman–Crippen LogP) is 3.11. The number of nitrogens with zero attached hydrogens (tertiary/aromatic N) is 4. The Labute approximate surface area is 146 Å². The smallest absolute Gasteiger partial charge is 0.319 e. The molecule has 1 atom stereocenters. The van der Waals surface area contributed by atoms with Gasteiger partial charge in [0.25, 0.3) is 0 Å². The zero-order chi connectivity index (χ0) is 17.6. The minimum atomic E-state index is -0.304. The second-order valence-electron chi connectivity index (χ2n) is 5.63. The molecule has 25 heavy (non-hydrogen) atoms. The van der Waals surface area contributed by atoms with E-state index in [0.29, 0.717) is 11.5 Å². The summed E-state index contributed by atoms with van der Waals surface area (Å²) in [6, 6.07) is 11.3. The van der Waals surface area contributed by atoms with Crippen molar-refractivity contribution < 1.29 is 4.79 Å². The topological polar surface area (TPSA) is 84.7 Å². The van der Waals surface area contributed by atoms with Crippen LogP contribution in [0, 0.1) is 0 Å². The van der Waals surface area contributed by atoms with Crippen LogP contribution in [-0.4, -0.2) is 25.8 Å². The van der Waals surface area contributed by atoms with Crippen LogP contribution in [0.5, 0.6) is 0 Å². The summed E-state index contributed by atoms with van der Waals surface area (Å²) in [7, 11) is 0. The van der Waals surface area contributed by atoms with E-state index < -0.39 is 0 Å². The molecule has 0 radical (unpaired) electrons. The monoisotopic (exact) mass is 336 g/mol. The van der Waals surface area contributed by atoms with Gasteiger partial charge in [0.15, 0.2) is 5.82 Å². The van der Waals surface area contributed by atoms with E-state index >= 15 is 0 Å². The highest BCUT2D eigenvalue weighted by molar-refractivity contribution is 5.91. The molecule has 128 valence electrons. The normalized spacial score (nSPS) is 11.8. The first-order valence-corrected chi connectivity index (χ1v) is 8.13. The Morgan fingerprint density at radius 2 is 2.04 bits per heavy atom. The largest absolute Gasteiger partial charge is 0.331 e. The fourth-order valence-electron chi connectivity index (χ4n) is 2.48. The maximum absolute atomic E-state index is 12.3. The lowest BCUT2D eigenvalue weighted by Gasteiger charge is -2.16. The molecular formula is C18H20N6O. The summed E-state index contributed by atoms with van der Waals surface area (Å²) in [5, 5.41) is 9.80. The molecule has 2 aromatic heterocycles. The molecule has 2 heterocycles. The summed E-state index contributed by atoms with van der Waals surface area (Å²) in [5.41, 5.74) is 2.88. The van der Waals surface area contributed by atoms with E-state index in [1.54, 1.807) is 18.3 Å². The third kappa shape index (κ3) is 4.00. The number of benzene rings is 1. The average molecular weight is 336 g/mol. The average Bonchev–Trinajstić information content (AvgIpc) is 3.16. The lowest BCUT2D eigenvalue weighted by Crippen LogP contribution is -2.31. The Hall–Kier alpha value is -3.22. The van der Waals surface area contributed by atoms with Gasteiger partial charge in [-0.05, 0) is 36.6 Å². The summed E-state index contributed by atoms with van der Waals surface area (Å²) in [4.78, 5) is 20.5. The summed E-state index contributed by atoms with van der Waals surface area (Å²) in [6.45, 7) is 4.06. The van der Waals surface area contributed by atoms with E-state index in [0.717, 1.165) is 12.0 Å². The number of hydrogen-bond acceptors (Lipinski definition) is 4. The molecule has 0 saturated carbocycles. The second kappa shape index (κ2) is 7.57. The van der Waals surface area contributed by atoms with E-state index in [9.17, 15) is 4.79 Å². The van der Waals surface area contributed by atoms with Crippen LogP contribution in [0.25, 0.3) is 5.82 Å². The Balaban J connectivity index is 1.68. The highest BCUT2D eigenvalue weighted by Gasteiger charge is 2.13. The van der Waals surface area contributed by atoms with Crippen molar-refractivity contribution in [3.63, 3.8) is 0 Å².